The first-order chi connectivity index (χ1) is 9.12. The summed E-state index contributed by atoms with van der Waals surface area (Å²) in [5.74, 6) is -4.81. The molecule has 3 unspecified atom stereocenters. The highest BCUT2D eigenvalue weighted by molar-refractivity contribution is 5.88. The van der Waals surface area contributed by atoms with E-state index in [0.29, 0.717) is 0 Å². The predicted molar refractivity (Wildman–Crippen MR) is 59.5 cm³/mol. The quantitative estimate of drug-likeness (QED) is 0.239. The number of rotatable bonds is 9. The number of ether oxygens (including phenoxy) is 1. The standard InChI is InChI=1S/C10H16O10/c11-3-5(12)6(13)4-20-8(16)2-10(19,9(17)18)1-7(14)15/h5-6,11-13,19H,1-4H2,(H,14,15)(H,17,18). The van der Waals surface area contributed by atoms with Crippen molar-refractivity contribution in [2.45, 2.75) is 30.7 Å². The van der Waals surface area contributed by atoms with Crippen LogP contribution in [0.5, 0.6) is 0 Å². The van der Waals surface area contributed by atoms with E-state index in [4.69, 9.17) is 25.5 Å². The van der Waals surface area contributed by atoms with Crippen LogP contribution in [0.2, 0.25) is 0 Å². The number of aliphatic hydroxyl groups excluding tert-OH is 3. The second-order valence-electron chi connectivity index (χ2n) is 4.08. The lowest BCUT2D eigenvalue weighted by Crippen LogP contribution is -2.43. The fourth-order valence-electron chi connectivity index (χ4n) is 1.16. The number of hydrogen-bond acceptors (Lipinski definition) is 8. The SMILES string of the molecule is O=C(O)CC(O)(CC(=O)OCC(O)C(O)CO)C(=O)O. The lowest BCUT2D eigenvalue weighted by molar-refractivity contribution is -0.173. The molecule has 0 amide bonds. The Bertz CT molecular complexity index is 367. The Balaban J connectivity index is 4.49. The Labute approximate surface area is 112 Å². The van der Waals surface area contributed by atoms with Crippen LogP contribution < -0.4 is 0 Å². The summed E-state index contributed by atoms with van der Waals surface area (Å²) in [6.07, 6.45) is -5.50. The summed E-state index contributed by atoms with van der Waals surface area (Å²) in [7, 11) is 0. The van der Waals surface area contributed by atoms with Gasteiger partial charge in [0.1, 0.15) is 18.8 Å². The summed E-state index contributed by atoms with van der Waals surface area (Å²) in [6.45, 7) is -1.53. The van der Waals surface area contributed by atoms with Crippen LogP contribution in [0, 0.1) is 0 Å². The maximum Gasteiger partial charge on any atom is 0.336 e. The van der Waals surface area contributed by atoms with Crippen molar-refractivity contribution in [1.82, 2.24) is 0 Å². The molecule has 116 valence electrons. The molecule has 0 saturated carbocycles. The van der Waals surface area contributed by atoms with E-state index in [0.717, 1.165) is 0 Å². The van der Waals surface area contributed by atoms with Crippen molar-refractivity contribution >= 4 is 17.9 Å². The van der Waals surface area contributed by atoms with Gasteiger partial charge in [-0.15, -0.1) is 0 Å². The summed E-state index contributed by atoms with van der Waals surface area (Å²) in [6, 6.07) is 0. The van der Waals surface area contributed by atoms with Crippen molar-refractivity contribution in [2.75, 3.05) is 13.2 Å². The number of esters is 1. The van der Waals surface area contributed by atoms with Crippen LogP contribution in [0.1, 0.15) is 12.8 Å². The van der Waals surface area contributed by atoms with Gasteiger partial charge in [-0.3, -0.25) is 9.59 Å². The van der Waals surface area contributed by atoms with Crippen molar-refractivity contribution in [3.05, 3.63) is 0 Å². The van der Waals surface area contributed by atoms with E-state index < -0.39 is 61.8 Å². The molecule has 0 aromatic carbocycles. The molecule has 0 bridgehead atoms. The average Bonchev–Trinajstić information content (AvgIpc) is 2.33. The second kappa shape index (κ2) is 7.75. The topological polar surface area (TPSA) is 182 Å². The number of carboxylic acid groups (broad SMARTS) is 2. The highest BCUT2D eigenvalue weighted by Crippen LogP contribution is 2.17. The molecule has 10 heteroatoms. The number of carbonyl (C=O) groups excluding carboxylic acids is 1. The van der Waals surface area contributed by atoms with Gasteiger partial charge in [0.2, 0.25) is 0 Å². The van der Waals surface area contributed by atoms with Gasteiger partial charge in [-0.05, 0) is 0 Å². The second-order valence-corrected chi connectivity index (χ2v) is 4.08. The third kappa shape index (κ3) is 5.93. The van der Waals surface area contributed by atoms with Gasteiger partial charge in [-0.1, -0.05) is 0 Å². The summed E-state index contributed by atoms with van der Waals surface area (Å²) in [4.78, 5) is 32.4. The first kappa shape index (κ1) is 18.2. The summed E-state index contributed by atoms with van der Waals surface area (Å²) >= 11 is 0. The molecule has 0 radical (unpaired) electrons. The molecule has 0 aromatic heterocycles. The molecule has 0 fully saturated rings. The normalized spacial score (nSPS) is 16.8. The van der Waals surface area contributed by atoms with Gasteiger partial charge in [-0.25, -0.2) is 4.79 Å². The molecule has 10 nitrogen and oxygen atoms in total. The van der Waals surface area contributed by atoms with E-state index in [1.54, 1.807) is 0 Å². The Morgan fingerprint density at radius 2 is 1.60 bits per heavy atom. The fraction of sp³-hybridized carbons (Fsp3) is 0.700. The van der Waals surface area contributed by atoms with Crippen LogP contribution in [0.3, 0.4) is 0 Å². The highest BCUT2D eigenvalue weighted by atomic mass is 16.5. The maximum absolute atomic E-state index is 11.3. The largest absolute Gasteiger partial charge is 0.481 e. The fourth-order valence-corrected chi connectivity index (χ4v) is 1.16. The minimum atomic E-state index is -2.83. The van der Waals surface area contributed by atoms with Gasteiger partial charge in [0.25, 0.3) is 0 Å². The van der Waals surface area contributed by atoms with Crippen molar-refractivity contribution in [2.24, 2.45) is 0 Å². The van der Waals surface area contributed by atoms with Gasteiger partial charge >= 0.3 is 17.9 Å². The van der Waals surface area contributed by atoms with Gasteiger partial charge < -0.3 is 35.4 Å². The molecule has 0 aromatic rings. The van der Waals surface area contributed by atoms with Crippen molar-refractivity contribution in [3.63, 3.8) is 0 Å². The average molecular weight is 296 g/mol. The summed E-state index contributed by atoms with van der Waals surface area (Å²) < 4.78 is 4.38. The highest BCUT2D eigenvalue weighted by Gasteiger charge is 2.41. The van der Waals surface area contributed by atoms with Crippen LogP contribution in [0.15, 0.2) is 0 Å². The number of aliphatic carboxylic acids is 2. The van der Waals surface area contributed by atoms with E-state index in [9.17, 15) is 19.5 Å². The Hall–Kier alpha value is -1.75. The van der Waals surface area contributed by atoms with Crippen molar-refractivity contribution < 1.29 is 49.8 Å². The third-order valence-corrected chi connectivity index (χ3v) is 2.32. The van der Waals surface area contributed by atoms with Crippen LogP contribution in [0.4, 0.5) is 0 Å². The molecule has 0 heterocycles. The number of hydrogen-bond donors (Lipinski definition) is 6. The maximum atomic E-state index is 11.3. The van der Waals surface area contributed by atoms with Gasteiger partial charge in [-0.2, -0.15) is 0 Å². The minimum Gasteiger partial charge on any atom is -0.481 e. The van der Waals surface area contributed by atoms with E-state index in [1.807, 2.05) is 0 Å². The zero-order valence-electron chi connectivity index (χ0n) is 10.3. The zero-order valence-corrected chi connectivity index (χ0v) is 10.3. The molecular formula is C10H16O10. The zero-order chi connectivity index (χ0) is 15.9. The molecule has 6 N–H and O–H groups in total. The molecular weight excluding hydrogens is 280 g/mol. The molecule has 0 rings (SSSR count). The third-order valence-electron chi connectivity index (χ3n) is 2.32. The molecule has 20 heavy (non-hydrogen) atoms. The van der Waals surface area contributed by atoms with Gasteiger partial charge in [0.15, 0.2) is 5.60 Å². The van der Waals surface area contributed by atoms with Crippen molar-refractivity contribution in [1.29, 1.82) is 0 Å². The van der Waals surface area contributed by atoms with E-state index in [1.165, 1.54) is 0 Å². The Morgan fingerprint density at radius 3 is 2.00 bits per heavy atom. The monoisotopic (exact) mass is 296 g/mol. The molecule has 0 aliphatic carbocycles. The van der Waals surface area contributed by atoms with E-state index in [2.05, 4.69) is 4.74 Å². The predicted octanol–water partition coefficient (Wildman–Crippen LogP) is -3.08. The molecule has 0 spiro atoms. The van der Waals surface area contributed by atoms with Crippen LogP contribution in [-0.4, -0.2) is 79.6 Å². The molecule has 3 atom stereocenters. The number of carbonyl (C=O) groups is 3. The summed E-state index contributed by atoms with van der Waals surface area (Å²) in [5.41, 5.74) is -2.83. The smallest absolute Gasteiger partial charge is 0.336 e. The lowest BCUT2D eigenvalue weighted by Gasteiger charge is -2.21. The minimum absolute atomic E-state index is 0.747. The van der Waals surface area contributed by atoms with Gasteiger partial charge in [0, 0.05) is 0 Å². The van der Waals surface area contributed by atoms with Crippen molar-refractivity contribution in [3.8, 4) is 0 Å². The first-order valence-electron chi connectivity index (χ1n) is 5.42. The Kier molecular flexibility index (Phi) is 7.07. The van der Waals surface area contributed by atoms with Crippen LogP contribution in [0.25, 0.3) is 0 Å². The first-order valence-corrected chi connectivity index (χ1v) is 5.42. The van der Waals surface area contributed by atoms with E-state index >= 15 is 0 Å². The van der Waals surface area contributed by atoms with Crippen LogP contribution in [-0.2, 0) is 19.1 Å². The van der Waals surface area contributed by atoms with E-state index in [-0.39, 0.29) is 0 Å². The van der Waals surface area contributed by atoms with Crippen LogP contribution >= 0.6 is 0 Å². The Morgan fingerprint density at radius 1 is 1.05 bits per heavy atom. The lowest BCUT2D eigenvalue weighted by atomic mass is 9.96. The molecule has 0 aliphatic heterocycles. The number of carboxylic acids is 2. The molecule has 0 saturated heterocycles. The van der Waals surface area contributed by atoms with Gasteiger partial charge in [0.05, 0.1) is 19.4 Å². The summed E-state index contributed by atoms with van der Waals surface area (Å²) in [5, 5.41) is 53.3. The number of aliphatic hydroxyl groups is 4. The molecule has 0 aliphatic rings.